The third kappa shape index (κ3) is 3.39. The Morgan fingerprint density at radius 1 is 1.23 bits per heavy atom. The van der Waals surface area contributed by atoms with Crippen molar-refractivity contribution in [1.29, 1.82) is 0 Å². The molecule has 0 unspecified atom stereocenters. The molecule has 0 aliphatic carbocycles. The number of hydrogen-bond acceptors (Lipinski definition) is 3. The van der Waals surface area contributed by atoms with E-state index in [1.807, 2.05) is 0 Å². The number of benzene rings is 2. The molecule has 1 amide bonds. The topological polar surface area (TPSA) is 55.4 Å². The first kappa shape index (κ1) is 18.3. The van der Waals surface area contributed by atoms with Crippen molar-refractivity contribution in [2.75, 3.05) is 5.32 Å². The molecule has 1 aliphatic heterocycles. The van der Waals surface area contributed by atoms with E-state index in [1.54, 1.807) is 24.3 Å². The quantitative estimate of drug-likeness (QED) is 0.778. The Morgan fingerprint density at radius 3 is 2.62 bits per heavy atom. The molecule has 0 spiro atoms. The zero-order chi connectivity index (χ0) is 19.1. The summed E-state index contributed by atoms with van der Waals surface area (Å²) in [5, 5.41) is 2.28. The molecular formula is C18H13ClF3NO3. The minimum absolute atomic E-state index is 0.0579. The minimum atomic E-state index is -4.58. The lowest BCUT2D eigenvalue weighted by Crippen LogP contribution is -2.48. The summed E-state index contributed by atoms with van der Waals surface area (Å²) in [6.07, 6.45) is -4.48. The van der Waals surface area contributed by atoms with Crippen LogP contribution in [0.1, 0.15) is 28.4 Å². The number of alkyl halides is 3. The van der Waals surface area contributed by atoms with E-state index in [0.29, 0.717) is 11.1 Å². The van der Waals surface area contributed by atoms with Crippen molar-refractivity contribution >= 4 is 29.2 Å². The SMILES string of the molecule is C[C@@]1(C(=O)Nc2cc(C(F)(F)F)ccc2Cl)Cc2ccccc2C(=O)O1. The van der Waals surface area contributed by atoms with Gasteiger partial charge in [0.15, 0.2) is 5.60 Å². The van der Waals surface area contributed by atoms with Crippen LogP contribution in [0.4, 0.5) is 18.9 Å². The van der Waals surface area contributed by atoms with Crippen LogP contribution in [-0.4, -0.2) is 17.5 Å². The maximum atomic E-state index is 12.9. The smallest absolute Gasteiger partial charge is 0.416 e. The van der Waals surface area contributed by atoms with Gasteiger partial charge in [-0.1, -0.05) is 29.8 Å². The van der Waals surface area contributed by atoms with Crippen LogP contribution in [0.25, 0.3) is 0 Å². The van der Waals surface area contributed by atoms with Gasteiger partial charge in [-0.2, -0.15) is 13.2 Å². The van der Waals surface area contributed by atoms with Gasteiger partial charge in [-0.05, 0) is 36.8 Å². The summed E-state index contributed by atoms with van der Waals surface area (Å²) in [6.45, 7) is 1.40. The Labute approximate surface area is 151 Å². The number of esters is 1. The van der Waals surface area contributed by atoms with E-state index in [9.17, 15) is 22.8 Å². The van der Waals surface area contributed by atoms with Crippen LogP contribution in [0.3, 0.4) is 0 Å². The highest BCUT2D eigenvalue weighted by Gasteiger charge is 2.43. The highest BCUT2D eigenvalue weighted by Crippen LogP contribution is 2.35. The first-order chi connectivity index (χ1) is 12.1. The van der Waals surface area contributed by atoms with Crippen molar-refractivity contribution < 1.29 is 27.5 Å². The number of halogens is 4. The molecule has 1 N–H and O–H groups in total. The largest absolute Gasteiger partial charge is 0.445 e. The van der Waals surface area contributed by atoms with E-state index in [2.05, 4.69) is 5.32 Å². The van der Waals surface area contributed by atoms with Crippen molar-refractivity contribution in [3.05, 3.63) is 64.2 Å². The number of cyclic esters (lactones) is 1. The summed E-state index contributed by atoms with van der Waals surface area (Å²) < 4.78 is 43.8. The van der Waals surface area contributed by atoms with Gasteiger partial charge in [-0.3, -0.25) is 4.79 Å². The number of rotatable bonds is 2. The molecule has 1 aliphatic rings. The van der Waals surface area contributed by atoms with Crippen molar-refractivity contribution in [3.63, 3.8) is 0 Å². The molecule has 3 rings (SSSR count). The molecule has 1 heterocycles. The molecule has 4 nitrogen and oxygen atoms in total. The van der Waals surface area contributed by atoms with Crippen LogP contribution >= 0.6 is 11.6 Å². The second-order valence-electron chi connectivity index (χ2n) is 6.10. The standard InChI is InChI=1S/C18H13ClF3NO3/c1-17(9-10-4-2-3-5-12(10)15(24)26-17)16(25)23-14-8-11(18(20,21)22)6-7-13(14)19/h2-8H,9H2,1H3,(H,23,25)/t17-/m0/s1. The molecule has 2 aromatic carbocycles. The van der Waals surface area contributed by atoms with Crippen LogP contribution in [0.15, 0.2) is 42.5 Å². The fourth-order valence-electron chi connectivity index (χ4n) is 2.71. The Balaban J connectivity index is 1.88. The van der Waals surface area contributed by atoms with Gasteiger partial charge < -0.3 is 10.1 Å². The normalized spacial score (nSPS) is 19.5. The Morgan fingerprint density at radius 2 is 1.92 bits per heavy atom. The van der Waals surface area contributed by atoms with Gasteiger partial charge in [0, 0.05) is 6.42 Å². The fourth-order valence-corrected chi connectivity index (χ4v) is 2.88. The van der Waals surface area contributed by atoms with Crippen molar-refractivity contribution in [2.24, 2.45) is 0 Å². The molecule has 136 valence electrons. The molecule has 0 radical (unpaired) electrons. The van der Waals surface area contributed by atoms with Gasteiger partial charge in [0.1, 0.15) is 0 Å². The van der Waals surface area contributed by atoms with E-state index in [1.165, 1.54) is 6.92 Å². The van der Waals surface area contributed by atoms with Crippen molar-refractivity contribution in [2.45, 2.75) is 25.1 Å². The predicted octanol–water partition coefficient (Wildman–Crippen LogP) is 4.47. The van der Waals surface area contributed by atoms with Crippen molar-refractivity contribution in [1.82, 2.24) is 0 Å². The summed E-state index contributed by atoms with van der Waals surface area (Å²) >= 11 is 5.89. The Bertz CT molecular complexity index is 897. The molecule has 0 saturated heterocycles. The Kier molecular flexibility index (Phi) is 4.44. The van der Waals surface area contributed by atoms with E-state index >= 15 is 0 Å². The van der Waals surface area contributed by atoms with Crippen LogP contribution < -0.4 is 5.32 Å². The first-order valence-electron chi connectivity index (χ1n) is 7.59. The average Bonchev–Trinajstić information content (AvgIpc) is 2.55. The van der Waals surface area contributed by atoms with Gasteiger partial charge in [-0.25, -0.2) is 4.79 Å². The van der Waals surface area contributed by atoms with Crippen molar-refractivity contribution in [3.8, 4) is 0 Å². The highest BCUT2D eigenvalue weighted by atomic mass is 35.5. The second-order valence-corrected chi connectivity index (χ2v) is 6.51. The second kappa shape index (κ2) is 6.32. The van der Waals surface area contributed by atoms with Crippen LogP contribution in [-0.2, 0) is 22.1 Å². The lowest BCUT2D eigenvalue weighted by Gasteiger charge is -2.33. The maximum Gasteiger partial charge on any atom is 0.416 e. The molecule has 2 aromatic rings. The summed E-state index contributed by atoms with van der Waals surface area (Å²) in [4.78, 5) is 24.8. The van der Waals surface area contributed by atoms with Gasteiger partial charge in [0.2, 0.25) is 0 Å². The molecule has 8 heteroatoms. The third-order valence-corrected chi connectivity index (χ3v) is 4.43. The summed E-state index contributed by atoms with van der Waals surface area (Å²) in [5.74, 6) is -1.43. The Hall–Kier alpha value is -2.54. The number of carbonyl (C=O) groups is 2. The molecule has 0 aromatic heterocycles. The molecular weight excluding hydrogens is 371 g/mol. The summed E-state index contributed by atoms with van der Waals surface area (Å²) in [6, 6.07) is 9.27. The number of fused-ring (bicyclic) bond motifs is 1. The average molecular weight is 384 g/mol. The predicted molar refractivity (Wildman–Crippen MR) is 89.1 cm³/mol. The van der Waals surface area contributed by atoms with Crippen LogP contribution in [0.5, 0.6) is 0 Å². The number of carbonyl (C=O) groups excluding carboxylic acids is 2. The minimum Gasteiger partial charge on any atom is -0.445 e. The van der Waals surface area contributed by atoms with E-state index < -0.39 is 29.2 Å². The van der Waals surface area contributed by atoms with E-state index in [4.69, 9.17) is 16.3 Å². The van der Waals surface area contributed by atoms with Gasteiger partial charge in [0.25, 0.3) is 5.91 Å². The summed E-state index contributed by atoms with van der Waals surface area (Å²) in [5.41, 5.74) is -1.74. The lowest BCUT2D eigenvalue weighted by molar-refractivity contribution is -0.137. The van der Waals surface area contributed by atoms with Gasteiger partial charge in [0.05, 0.1) is 21.8 Å². The van der Waals surface area contributed by atoms with Crippen LogP contribution in [0, 0.1) is 0 Å². The fraction of sp³-hybridized carbons (Fsp3) is 0.222. The molecule has 0 fully saturated rings. The highest BCUT2D eigenvalue weighted by molar-refractivity contribution is 6.33. The zero-order valence-electron chi connectivity index (χ0n) is 13.5. The molecule has 0 saturated carbocycles. The van der Waals surface area contributed by atoms with E-state index in [-0.39, 0.29) is 17.1 Å². The third-order valence-electron chi connectivity index (χ3n) is 4.11. The van der Waals surface area contributed by atoms with Gasteiger partial charge in [-0.15, -0.1) is 0 Å². The lowest BCUT2D eigenvalue weighted by atomic mass is 9.89. The molecule has 0 bridgehead atoms. The molecule has 1 atom stereocenters. The zero-order valence-corrected chi connectivity index (χ0v) is 14.2. The number of anilines is 1. The number of ether oxygens (including phenoxy) is 1. The number of amides is 1. The maximum absolute atomic E-state index is 12.9. The number of nitrogens with one attached hydrogen (secondary N) is 1. The van der Waals surface area contributed by atoms with Crippen LogP contribution in [0.2, 0.25) is 5.02 Å². The molecule has 26 heavy (non-hydrogen) atoms. The summed E-state index contributed by atoms with van der Waals surface area (Å²) in [7, 11) is 0. The van der Waals surface area contributed by atoms with E-state index in [0.717, 1.165) is 18.2 Å². The number of hydrogen-bond donors (Lipinski definition) is 1. The monoisotopic (exact) mass is 383 g/mol. The first-order valence-corrected chi connectivity index (χ1v) is 7.97. The van der Waals surface area contributed by atoms with Gasteiger partial charge >= 0.3 is 12.1 Å².